The third-order valence-corrected chi connectivity index (χ3v) is 5.46. The molecule has 1 aromatic carbocycles. The van der Waals surface area contributed by atoms with Crippen molar-refractivity contribution in [3.8, 4) is 0 Å². The van der Waals surface area contributed by atoms with Crippen LogP contribution >= 0.6 is 0 Å². The molecular weight excluding hydrogens is 424 g/mol. The van der Waals surface area contributed by atoms with E-state index in [1.54, 1.807) is 11.8 Å². The summed E-state index contributed by atoms with van der Waals surface area (Å²) in [6, 6.07) is 9.00. The highest BCUT2D eigenvalue weighted by atomic mass is 16.6. The molecule has 1 aromatic rings. The zero-order valence-corrected chi connectivity index (χ0v) is 20.7. The summed E-state index contributed by atoms with van der Waals surface area (Å²) in [5.74, 6) is -0.683. The van der Waals surface area contributed by atoms with Crippen molar-refractivity contribution in [1.29, 1.82) is 0 Å². The molecule has 0 spiro atoms. The molecule has 0 saturated carbocycles. The number of nitrogens with one attached hydrogen (secondary N) is 1. The van der Waals surface area contributed by atoms with Gasteiger partial charge in [0.05, 0.1) is 5.41 Å². The smallest absolute Gasteiger partial charge is 0.410 e. The van der Waals surface area contributed by atoms with E-state index < -0.39 is 23.2 Å². The van der Waals surface area contributed by atoms with Crippen LogP contribution < -0.4 is 5.32 Å². The second-order valence-corrected chi connectivity index (χ2v) is 10.1. The van der Waals surface area contributed by atoms with Crippen LogP contribution in [0.25, 0.3) is 0 Å². The van der Waals surface area contributed by atoms with Gasteiger partial charge in [0.25, 0.3) is 0 Å². The molecule has 8 nitrogen and oxygen atoms in total. The Bertz CT molecular complexity index is 805. The molecule has 0 bridgehead atoms. The standard InChI is InChI=1S/C25H38N2O6/c1-18(2)20(21(28)32-16-19-10-8-7-9-11-19)26-13-15-31-22(29)25(6)12-14-27(17-25)23(30)33-24(3,4)5/h7-11,18,20,26H,12-17H2,1-6H3/t20-,25?/m0/s1. The van der Waals surface area contributed by atoms with Crippen LogP contribution in [0.1, 0.15) is 53.5 Å². The van der Waals surface area contributed by atoms with Crippen LogP contribution in [-0.2, 0) is 30.4 Å². The summed E-state index contributed by atoms with van der Waals surface area (Å²) in [6.45, 7) is 12.4. The first-order valence-corrected chi connectivity index (χ1v) is 11.5. The first kappa shape index (κ1) is 26.6. The third-order valence-electron chi connectivity index (χ3n) is 5.46. The first-order chi connectivity index (χ1) is 15.4. The van der Waals surface area contributed by atoms with E-state index in [-0.39, 0.29) is 37.6 Å². The summed E-state index contributed by atoms with van der Waals surface area (Å²) >= 11 is 0. The second kappa shape index (κ2) is 11.5. The van der Waals surface area contributed by atoms with E-state index in [2.05, 4.69) is 5.32 Å². The minimum Gasteiger partial charge on any atom is -0.464 e. The van der Waals surface area contributed by atoms with Crippen molar-refractivity contribution in [2.75, 3.05) is 26.2 Å². The van der Waals surface area contributed by atoms with E-state index in [9.17, 15) is 14.4 Å². The normalized spacial score (nSPS) is 19.3. The zero-order valence-electron chi connectivity index (χ0n) is 20.7. The fourth-order valence-corrected chi connectivity index (χ4v) is 3.55. The highest BCUT2D eigenvalue weighted by molar-refractivity contribution is 5.79. The minimum absolute atomic E-state index is 0.0127. The lowest BCUT2D eigenvalue weighted by Crippen LogP contribution is -2.44. The van der Waals surface area contributed by atoms with Crippen LogP contribution in [0.2, 0.25) is 0 Å². The molecule has 1 aliphatic heterocycles. The number of hydrogen-bond donors (Lipinski definition) is 1. The highest BCUT2D eigenvalue weighted by Crippen LogP contribution is 2.32. The molecule has 1 heterocycles. The number of ether oxygens (including phenoxy) is 3. The molecule has 8 heteroatoms. The molecule has 2 atom stereocenters. The summed E-state index contributed by atoms with van der Waals surface area (Å²) in [4.78, 5) is 39.0. The Morgan fingerprint density at radius 2 is 1.79 bits per heavy atom. The van der Waals surface area contributed by atoms with Gasteiger partial charge in [-0.15, -0.1) is 0 Å². The van der Waals surface area contributed by atoms with Crippen molar-refractivity contribution in [2.45, 2.75) is 66.2 Å². The van der Waals surface area contributed by atoms with Crippen molar-refractivity contribution in [2.24, 2.45) is 11.3 Å². The number of benzene rings is 1. The maximum Gasteiger partial charge on any atom is 0.410 e. The molecule has 1 unspecified atom stereocenters. The molecule has 0 aromatic heterocycles. The molecule has 1 saturated heterocycles. The number of nitrogens with zero attached hydrogens (tertiary/aromatic N) is 1. The highest BCUT2D eigenvalue weighted by Gasteiger charge is 2.44. The summed E-state index contributed by atoms with van der Waals surface area (Å²) in [5.41, 5.74) is -0.437. The minimum atomic E-state index is -0.775. The number of carbonyl (C=O) groups excluding carboxylic acids is 3. The van der Waals surface area contributed by atoms with Gasteiger partial charge in [0, 0.05) is 19.6 Å². The first-order valence-electron chi connectivity index (χ1n) is 11.5. The lowest BCUT2D eigenvalue weighted by Gasteiger charge is -2.26. The molecule has 0 aliphatic carbocycles. The van der Waals surface area contributed by atoms with Crippen molar-refractivity contribution in [3.63, 3.8) is 0 Å². The molecular formula is C25H38N2O6. The Balaban J connectivity index is 1.76. The second-order valence-electron chi connectivity index (χ2n) is 10.1. The maximum absolute atomic E-state index is 12.7. The van der Waals surface area contributed by atoms with Crippen molar-refractivity contribution < 1.29 is 28.6 Å². The summed E-state index contributed by atoms with van der Waals surface area (Å²) in [5, 5.41) is 3.13. The van der Waals surface area contributed by atoms with Gasteiger partial charge in [-0.05, 0) is 45.6 Å². The van der Waals surface area contributed by atoms with Crippen LogP contribution in [0.15, 0.2) is 30.3 Å². The van der Waals surface area contributed by atoms with E-state index >= 15 is 0 Å². The van der Waals surface area contributed by atoms with E-state index in [0.29, 0.717) is 19.5 Å². The van der Waals surface area contributed by atoms with Crippen LogP contribution in [0.4, 0.5) is 4.79 Å². The van der Waals surface area contributed by atoms with Crippen LogP contribution in [0.5, 0.6) is 0 Å². The van der Waals surface area contributed by atoms with Crippen molar-refractivity contribution >= 4 is 18.0 Å². The Hall–Kier alpha value is -2.61. The third kappa shape index (κ3) is 8.35. The van der Waals surface area contributed by atoms with Gasteiger partial charge in [-0.25, -0.2) is 4.79 Å². The molecule has 1 aliphatic rings. The van der Waals surface area contributed by atoms with Gasteiger partial charge in [-0.2, -0.15) is 0 Å². The number of carbonyl (C=O) groups is 3. The summed E-state index contributed by atoms with van der Waals surface area (Å²) in [6.07, 6.45) is 0.0911. The average Bonchev–Trinajstić information content (AvgIpc) is 3.15. The quantitative estimate of drug-likeness (QED) is 0.341. The van der Waals surface area contributed by atoms with E-state index in [4.69, 9.17) is 14.2 Å². The van der Waals surface area contributed by atoms with Crippen LogP contribution in [0, 0.1) is 11.3 Å². The van der Waals surface area contributed by atoms with Crippen LogP contribution in [0.3, 0.4) is 0 Å². The lowest BCUT2D eigenvalue weighted by atomic mass is 9.90. The fourth-order valence-electron chi connectivity index (χ4n) is 3.55. The molecule has 33 heavy (non-hydrogen) atoms. The number of amides is 1. The van der Waals surface area contributed by atoms with Crippen LogP contribution in [-0.4, -0.2) is 60.8 Å². The van der Waals surface area contributed by atoms with Gasteiger partial charge < -0.3 is 24.4 Å². The summed E-state index contributed by atoms with van der Waals surface area (Å²) < 4.78 is 16.3. The maximum atomic E-state index is 12.7. The van der Waals surface area contributed by atoms with E-state index in [0.717, 1.165) is 5.56 Å². The average molecular weight is 463 g/mol. The number of likely N-dealkylation sites (tertiary alicyclic amines) is 1. The largest absolute Gasteiger partial charge is 0.464 e. The predicted molar refractivity (Wildman–Crippen MR) is 124 cm³/mol. The lowest BCUT2D eigenvalue weighted by molar-refractivity contribution is -0.154. The monoisotopic (exact) mass is 462 g/mol. The Kier molecular flexibility index (Phi) is 9.28. The van der Waals surface area contributed by atoms with Gasteiger partial charge in [0.1, 0.15) is 24.9 Å². The van der Waals surface area contributed by atoms with Gasteiger partial charge in [-0.3, -0.25) is 9.59 Å². The molecule has 0 radical (unpaired) electrons. The topological polar surface area (TPSA) is 94.2 Å². The van der Waals surface area contributed by atoms with Gasteiger partial charge in [0.15, 0.2) is 0 Å². The van der Waals surface area contributed by atoms with Gasteiger partial charge >= 0.3 is 18.0 Å². The zero-order chi connectivity index (χ0) is 24.6. The SMILES string of the molecule is CC(C)[C@H](NCCOC(=O)C1(C)CCN(C(=O)OC(C)(C)C)C1)C(=O)OCc1ccccc1. The van der Waals surface area contributed by atoms with Gasteiger partial charge in [-0.1, -0.05) is 44.2 Å². The number of rotatable bonds is 9. The number of esters is 2. The fraction of sp³-hybridized carbons (Fsp3) is 0.640. The number of hydrogen-bond acceptors (Lipinski definition) is 7. The summed E-state index contributed by atoms with van der Waals surface area (Å²) in [7, 11) is 0. The molecule has 2 rings (SSSR count). The Morgan fingerprint density at radius 3 is 2.39 bits per heavy atom. The van der Waals surface area contributed by atoms with E-state index in [1.807, 2.05) is 65.0 Å². The van der Waals surface area contributed by atoms with Crippen molar-refractivity contribution in [3.05, 3.63) is 35.9 Å². The van der Waals surface area contributed by atoms with Crippen molar-refractivity contribution in [1.82, 2.24) is 10.2 Å². The molecule has 184 valence electrons. The Labute approximate surface area is 196 Å². The molecule has 1 amide bonds. The molecule has 1 N–H and O–H groups in total. The Morgan fingerprint density at radius 1 is 1.12 bits per heavy atom. The van der Waals surface area contributed by atoms with Gasteiger partial charge in [0.2, 0.25) is 0 Å². The van der Waals surface area contributed by atoms with E-state index in [1.165, 1.54) is 0 Å². The molecule has 1 fully saturated rings. The predicted octanol–water partition coefficient (Wildman–Crippen LogP) is 3.53.